The third kappa shape index (κ3) is 4.73. The van der Waals surface area contributed by atoms with E-state index >= 15 is 0 Å². The average Bonchev–Trinajstić information content (AvgIpc) is 3.25. The number of hydrogen-bond donors (Lipinski definition) is 1. The molecule has 1 aromatic heterocycles. The number of halogens is 2. The van der Waals surface area contributed by atoms with Gasteiger partial charge in [0.2, 0.25) is 0 Å². The standard InChI is InChI=1S/C24H18Cl2N2OS/c1-15-2-6-17(7-3-15)22-14-30-24(28-22)18-8-4-16(5-9-18)13-27-23(29)19-10-11-20(25)21(26)12-19/h2-12,14H,13H2,1H3,(H,27,29). The number of carbonyl (C=O) groups is 1. The fourth-order valence-corrected chi connectivity index (χ4v) is 4.08. The lowest BCUT2D eigenvalue weighted by Gasteiger charge is -2.07. The van der Waals surface area contributed by atoms with Gasteiger partial charge in [0.25, 0.3) is 5.91 Å². The zero-order valence-corrected chi connectivity index (χ0v) is 18.5. The number of nitrogens with zero attached hydrogens (tertiary/aromatic N) is 1. The summed E-state index contributed by atoms with van der Waals surface area (Å²) in [6, 6.07) is 21.3. The Balaban J connectivity index is 1.41. The van der Waals surface area contributed by atoms with Crippen LogP contribution in [0.4, 0.5) is 0 Å². The molecule has 150 valence electrons. The molecular weight excluding hydrogens is 435 g/mol. The van der Waals surface area contributed by atoms with Crippen LogP contribution in [0.2, 0.25) is 10.0 Å². The Labute approximate surface area is 189 Å². The maximum Gasteiger partial charge on any atom is 0.251 e. The van der Waals surface area contributed by atoms with Crippen LogP contribution >= 0.6 is 34.5 Å². The second kappa shape index (κ2) is 9.00. The number of benzene rings is 3. The highest BCUT2D eigenvalue weighted by Crippen LogP contribution is 2.29. The summed E-state index contributed by atoms with van der Waals surface area (Å²) in [6.45, 7) is 2.50. The van der Waals surface area contributed by atoms with Crippen LogP contribution in [0.3, 0.4) is 0 Å². The largest absolute Gasteiger partial charge is 0.348 e. The van der Waals surface area contributed by atoms with Crippen molar-refractivity contribution in [1.82, 2.24) is 10.3 Å². The topological polar surface area (TPSA) is 42.0 Å². The van der Waals surface area contributed by atoms with Crippen LogP contribution in [-0.2, 0) is 6.54 Å². The molecule has 1 N–H and O–H groups in total. The molecule has 4 aromatic rings. The molecule has 0 radical (unpaired) electrons. The van der Waals surface area contributed by atoms with Crippen molar-refractivity contribution in [2.45, 2.75) is 13.5 Å². The van der Waals surface area contributed by atoms with Gasteiger partial charge < -0.3 is 5.32 Å². The summed E-state index contributed by atoms with van der Waals surface area (Å²) in [7, 11) is 0. The molecule has 0 saturated heterocycles. The van der Waals surface area contributed by atoms with E-state index in [-0.39, 0.29) is 5.91 Å². The summed E-state index contributed by atoms with van der Waals surface area (Å²) in [4.78, 5) is 17.1. The second-order valence-electron chi connectivity index (χ2n) is 6.91. The molecule has 0 atom stereocenters. The fourth-order valence-electron chi connectivity index (χ4n) is 2.95. The molecular formula is C24H18Cl2N2OS. The minimum atomic E-state index is -0.194. The van der Waals surface area contributed by atoms with Crippen molar-refractivity contribution in [3.8, 4) is 21.8 Å². The summed E-state index contributed by atoms with van der Waals surface area (Å²) in [5.74, 6) is -0.194. The number of carbonyl (C=O) groups excluding carboxylic acids is 1. The molecule has 0 saturated carbocycles. The van der Waals surface area contributed by atoms with Crippen molar-refractivity contribution in [1.29, 1.82) is 0 Å². The van der Waals surface area contributed by atoms with Gasteiger partial charge in [-0.05, 0) is 30.7 Å². The number of amides is 1. The van der Waals surface area contributed by atoms with Gasteiger partial charge >= 0.3 is 0 Å². The first kappa shape index (κ1) is 20.6. The molecule has 30 heavy (non-hydrogen) atoms. The normalized spacial score (nSPS) is 10.8. The molecule has 0 bridgehead atoms. The van der Waals surface area contributed by atoms with Crippen molar-refractivity contribution in [2.75, 3.05) is 0 Å². The van der Waals surface area contributed by atoms with E-state index in [1.54, 1.807) is 29.5 Å². The van der Waals surface area contributed by atoms with Gasteiger partial charge in [-0.15, -0.1) is 11.3 Å². The minimum absolute atomic E-state index is 0.194. The van der Waals surface area contributed by atoms with Gasteiger partial charge in [-0.2, -0.15) is 0 Å². The van der Waals surface area contributed by atoms with E-state index in [4.69, 9.17) is 28.2 Å². The number of hydrogen-bond acceptors (Lipinski definition) is 3. The van der Waals surface area contributed by atoms with E-state index in [2.05, 4.69) is 41.9 Å². The predicted molar refractivity (Wildman–Crippen MR) is 125 cm³/mol. The maximum absolute atomic E-state index is 12.3. The lowest BCUT2D eigenvalue weighted by molar-refractivity contribution is 0.0951. The van der Waals surface area contributed by atoms with Crippen LogP contribution in [0.1, 0.15) is 21.5 Å². The smallest absolute Gasteiger partial charge is 0.251 e. The third-order valence-electron chi connectivity index (χ3n) is 4.69. The van der Waals surface area contributed by atoms with Gasteiger partial charge in [-0.1, -0.05) is 77.3 Å². The Hall–Kier alpha value is -2.66. The molecule has 4 rings (SSSR count). The molecule has 3 nitrogen and oxygen atoms in total. The summed E-state index contributed by atoms with van der Waals surface area (Å²) in [6.07, 6.45) is 0. The molecule has 0 aliphatic carbocycles. The quantitative estimate of drug-likeness (QED) is 0.353. The number of aryl methyl sites for hydroxylation is 1. The van der Waals surface area contributed by atoms with Crippen molar-refractivity contribution in [2.24, 2.45) is 0 Å². The Bertz CT molecular complexity index is 1180. The molecule has 0 unspecified atom stereocenters. The third-order valence-corrected chi connectivity index (χ3v) is 6.32. The number of thiazole rings is 1. The summed E-state index contributed by atoms with van der Waals surface area (Å²) in [5.41, 5.74) is 5.86. The van der Waals surface area contributed by atoms with Crippen LogP contribution < -0.4 is 5.32 Å². The highest BCUT2D eigenvalue weighted by molar-refractivity contribution is 7.13. The predicted octanol–water partition coefficient (Wildman–Crippen LogP) is 7.02. The molecule has 1 heterocycles. The molecule has 0 aliphatic heterocycles. The molecule has 1 amide bonds. The average molecular weight is 453 g/mol. The van der Waals surface area contributed by atoms with Crippen molar-refractivity contribution in [3.05, 3.63) is 98.8 Å². The van der Waals surface area contributed by atoms with Crippen LogP contribution in [0.5, 0.6) is 0 Å². The Kier molecular flexibility index (Phi) is 6.18. The zero-order valence-electron chi connectivity index (χ0n) is 16.2. The highest BCUT2D eigenvalue weighted by Gasteiger charge is 2.09. The molecule has 3 aromatic carbocycles. The first-order valence-corrected chi connectivity index (χ1v) is 11.0. The number of rotatable bonds is 5. The van der Waals surface area contributed by atoms with Crippen LogP contribution in [0, 0.1) is 6.92 Å². The van der Waals surface area contributed by atoms with Gasteiger partial charge in [0.15, 0.2) is 0 Å². The lowest BCUT2D eigenvalue weighted by Crippen LogP contribution is -2.22. The van der Waals surface area contributed by atoms with E-state index in [1.165, 1.54) is 5.56 Å². The van der Waals surface area contributed by atoms with E-state index in [0.29, 0.717) is 22.2 Å². The Morgan fingerprint density at radius 2 is 1.63 bits per heavy atom. The van der Waals surface area contributed by atoms with Crippen molar-refractivity contribution >= 4 is 40.4 Å². The van der Waals surface area contributed by atoms with E-state index in [9.17, 15) is 4.79 Å². The highest BCUT2D eigenvalue weighted by atomic mass is 35.5. The minimum Gasteiger partial charge on any atom is -0.348 e. The van der Waals surface area contributed by atoms with Gasteiger partial charge in [-0.25, -0.2) is 4.98 Å². The monoisotopic (exact) mass is 452 g/mol. The molecule has 6 heteroatoms. The van der Waals surface area contributed by atoms with Crippen LogP contribution in [-0.4, -0.2) is 10.9 Å². The Morgan fingerprint density at radius 3 is 2.33 bits per heavy atom. The zero-order chi connectivity index (χ0) is 21.1. The van der Waals surface area contributed by atoms with Gasteiger partial charge in [0, 0.05) is 28.6 Å². The summed E-state index contributed by atoms with van der Waals surface area (Å²) < 4.78 is 0. The van der Waals surface area contributed by atoms with Gasteiger partial charge in [-0.3, -0.25) is 4.79 Å². The number of nitrogens with one attached hydrogen (secondary N) is 1. The molecule has 0 spiro atoms. The van der Waals surface area contributed by atoms with Gasteiger partial charge in [0.05, 0.1) is 15.7 Å². The van der Waals surface area contributed by atoms with Crippen molar-refractivity contribution < 1.29 is 4.79 Å². The fraction of sp³-hybridized carbons (Fsp3) is 0.0833. The summed E-state index contributed by atoms with van der Waals surface area (Å²) >= 11 is 13.5. The SMILES string of the molecule is Cc1ccc(-c2csc(-c3ccc(CNC(=O)c4ccc(Cl)c(Cl)c4)cc3)n2)cc1. The molecule has 0 aliphatic rings. The second-order valence-corrected chi connectivity index (χ2v) is 8.58. The van der Waals surface area contributed by atoms with Crippen LogP contribution in [0.15, 0.2) is 72.1 Å². The first-order valence-electron chi connectivity index (χ1n) is 9.35. The maximum atomic E-state index is 12.3. The first-order chi connectivity index (χ1) is 14.5. The molecule has 0 fully saturated rings. The van der Waals surface area contributed by atoms with E-state index < -0.39 is 0 Å². The Morgan fingerprint density at radius 1 is 0.933 bits per heavy atom. The summed E-state index contributed by atoms with van der Waals surface area (Å²) in [5, 5.41) is 6.73. The lowest BCUT2D eigenvalue weighted by atomic mass is 10.1. The number of aromatic nitrogens is 1. The van der Waals surface area contributed by atoms with E-state index in [1.807, 2.05) is 24.3 Å². The van der Waals surface area contributed by atoms with E-state index in [0.717, 1.165) is 27.4 Å². The van der Waals surface area contributed by atoms with Crippen LogP contribution in [0.25, 0.3) is 21.8 Å². The van der Waals surface area contributed by atoms with Crippen molar-refractivity contribution in [3.63, 3.8) is 0 Å². The van der Waals surface area contributed by atoms with Gasteiger partial charge in [0.1, 0.15) is 5.01 Å².